The summed E-state index contributed by atoms with van der Waals surface area (Å²) >= 11 is 0. The molecule has 17 heavy (non-hydrogen) atoms. The van der Waals surface area contributed by atoms with Gasteiger partial charge in [-0.25, -0.2) is 0 Å². The Morgan fingerprint density at radius 2 is 1.47 bits per heavy atom. The van der Waals surface area contributed by atoms with Crippen LogP contribution in [0.1, 0.15) is 12.5 Å². The van der Waals surface area contributed by atoms with E-state index in [9.17, 15) is 0 Å². The number of rotatable bonds is 1. The molecule has 0 N–H and O–H groups in total. The standard InChI is InChI=1S/C17H14/c1-2-6-13-9-5-10-16-11-14-7-3-4-8-15(14)12-17(13)16/h2-12H,1H3/b6-2+. The van der Waals surface area contributed by atoms with Crippen LogP contribution in [0.4, 0.5) is 0 Å². The molecule has 0 atom stereocenters. The molecule has 0 spiro atoms. The molecule has 0 amide bonds. The van der Waals surface area contributed by atoms with Gasteiger partial charge in [0.15, 0.2) is 0 Å². The van der Waals surface area contributed by atoms with Gasteiger partial charge in [-0.15, -0.1) is 0 Å². The van der Waals surface area contributed by atoms with Crippen LogP contribution >= 0.6 is 0 Å². The van der Waals surface area contributed by atoms with Crippen molar-refractivity contribution in [2.75, 3.05) is 0 Å². The Morgan fingerprint density at radius 1 is 0.765 bits per heavy atom. The predicted octanol–water partition coefficient (Wildman–Crippen LogP) is 5.03. The molecule has 0 aliphatic carbocycles. The number of benzene rings is 3. The van der Waals surface area contributed by atoms with Crippen molar-refractivity contribution in [1.82, 2.24) is 0 Å². The summed E-state index contributed by atoms with van der Waals surface area (Å²) in [7, 11) is 0. The second-order valence-electron chi connectivity index (χ2n) is 4.27. The summed E-state index contributed by atoms with van der Waals surface area (Å²) in [6, 6.07) is 19.5. The summed E-state index contributed by atoms with van der Waals surface area (Å²) in [5.74, 6) is 0. The molecule has 0 radical (unpaired) electrons. The normalized spacial score (nSPS) is 11.6. The van der Waals surface area contributed by atoms with Gasteiger partial charge < -0.3 is 0 Å². The Labute approximate surface area is 101 Å². The third-order valence-corrected chi connectivity index (χ3v) is 3.13. The Bertz CT molecular complexity index is 705. The summed E-state index contributed by atoms with van der Waals surface area (Å²) in [6.07, 6.45) is 4.25. The molecule has 0 unspecified atom stereocenters. The number of hydrogen-bond acceptors (Lipinski definition) is 0. The summed E-state index contributed by atoms with van der Waals surface area (Å²) in [5, 5.41) is 5.23. The Kier molecular flexibility index (Phi) is 2.41. The minimum atomic E-state index is 1.29. The largest absolute Gasteiger partial charge is 0.0870 e. The van der Waals surface area contributed by atoms with Crippen LogP contribution in [0, 0.1) is 0 Å². The second kappa shape index (κ2) is 4.06. The Balaban J connectivity index is 2.43. The molecule has 0 aliphatic rings. The number of allylic oxidation sites excluding steroid dienone is 1. The maximum Gasteiger partial charge on any atom is -0.0105 e. The lowest BCUT2D eigenvalue weighted by Crippen LogP contribution is -1.80. The fraction of sp³-hybridized carbons (Fsp3) is 0.0588. The van der Waals surface area contributed by atoms with Crippen LogP contribution in [0.2, 0.25) is 0 Å². The van der Waals surface area contributed by atoms with Crippen molar-refractivity contribution in [1.29, 1.82) is 0 Å². The van der Waals surface area contributed by atoms with E-state index in [1.807, 2.05) is 0 Å². The van der Waals surface area contributed by atoms with E-state index in [-0.39, 0.29) is 0 Å². The summed E-state index contributed by atoms with van der Waals surface area (Å²) < 4.78 is 0. The Hall–Kier alpha value is -2.08. The lowest BCUT2D eigenvalue weighted by molar-refractivity contribution is 1.71. The molecule has 0 aliphatic heterocycles. The van der Waals surface area contributed by atoms with E-state index in [0.717, 1.165) is 0 Å². The molecule has 82 valence electrons. The van der Waals surface area contributed by atoms with Crippen LogP contribution in [0.25, 0.3) is 27.6 Å². The Morgan fingerprint density at radius 3 is 2.24 bits per heavy atom. The highest BCUT2D eigenvalue weighted by Gasteiger charge is 2.00. The van der Waals surface area contributed by atoms with E-state index < -0.39 is 0 Å². The van der Waals surface area contributed by atoms with Crippen LogP contribution in [-0.2, 0) is 0 Å². The van der Waals surface area contributed by atoms with Crippen molar-refractivity contribution in [3.05, 3.63) is 66.2 Å². The molecule has 3 rings (SSSR count). The molecular formula is C17H14. The minimum absolute atomic E-state index is 1.29. The first-order chi connectivity index (χ1) is 8.38. The van der Waals surface area contributed by atoms with Crippen LogP contribution in [0.3, 0.4) is 0 Å². The van der Waals surface area contributed by atoms with Gasteiger partial charge in [0, 0.05) is 0 Å². The van der Waals surface area contributed by atoms with Crippen molar-refractivity contribution in [3.8, 4) is 0 Å². The molecule has 0 bridgehead atoms. The van der Waals surface area contributed by atoms with Crippen molar-refractivity contribution < 1.29 is 0 Å². The van der Waals surface area contributed by atoms with Crippen LogP contribution in [-0.4, -0.2) is 0 Å². The average Bonchev–Trinajstić information content (AvgIpc) is 2.37. The molecular weight excluding hydrogens is 204 g/mol. The van der Waals surface area contributed by atoms with E-state index >= 15 is 0 Å². The van der Waals surface area contributed by atoms with E-state index in [0.29, 0.717) is 0 Å². The lowest BCUT2D eigenvalue weighted by atomic mass is 9.99. The van der Waals surface area contributed by atoms with Gasteiger partial charge >= 0.3 is 0 Å². The maximum atomic E-state index is 2.28. The van der Waals surface area contributed by atoms with E-state index in [2.05, 4.69) is 73.7 Å². The zero-order chi connectivity index (χ0) is 11.7. The van der Waals surface area contributed by atoms with Gasteiger partial charge in [-0.1, -0.05) is 54.6 Å². The van der Waals surface area contributed by atoms with Gasteiger partial charge in [0.1, 0.15) is 0 Å². The molecule has 0 saturated carbocycles. The first kappa shape index (κ1) is 10.1. The first-order valence-electron chi connectivity index (χ1n) is 5.93. The van der Waals surface area contributed by atoms with Crippen molar-refractivity contribution in [2.24, 2.45) is 0 Å². The highest BCUT2D eigenvalue weighted by Crippen LogP contribution is 2.26. The van der Waals surface area contributed by atoms with Crippen molar-refractivity contribution in [3.63, 3.8) is 0 Å². The summed E-state index contributed by atoms with van der Waals surface area (Å²) in [6.45, 7) is 2.06. The zero-order valence-corrected chi connectivity index (χ0v) is 9.85. The second-order valence-corrected chi connectivity index (χ2v) is 4.27. The lowest BCUT2D eigenvalue weighted by Gasteiger charge is -2.05. The van der Waals surface area contributed by atoms with Crippen molar-refractivity contribution >= 4 is 27.6 Å². The van der Waals surface area contributed by atoms with E-state index in [1.165, 1.54) is 27.1 Å². The van der Waals surface area contributed by atoms with Gasteiger partial charge in [0.05, 0.1) is 0 Å². The van der Waals surface area contributed by atoms with Gasteiger partial charge in [0.2, 0.25) is 0 Å². The van der Waals surface area contributed by atoms with E-state index in [4.69, 9.17) is 0 Å². The molecule has 0 saturated heterocycles. The fourth-order valence-electron chi connectivity index (χ4n) is 2.32. The fourth-order valence-corrected chi connectivity index (χ4v) is 2.32. The van der Waals surface area contributed by atoms with Crippen LogP contribution in [0.5, 0.6) is 0 Å². The predicted molar refractivity (Wildman–Crippen MR) is 76.2 cm³/mol. The van der Waals surface area contributed by atoms with Gasteiger partial charge in [-0.05, 0) is 46.2 Å². The van der Waals surface area contributed by atoms with E-state index in [1.54, 1.807) is 0 Å². The monoisotopic (exact) mass is 218 g/mol. The van der Waals surface area contributed by atoms with Gasteiger partial charge in [-0.2, -0.15) is 0 Å². The smallest absolute Gasteiger partial charge is 0.0105 e. The van der Waals surface area contributed by atoms with Gasteiger partial charge in [-0.3, -0.25) is 0 Å². The van der Waals surface area contributed by atoms with Gasteiger partial charge in [0.25, 0.3) is 0 Å². The first-order valence-corrected chi connectivity index (χ1v) is 5.93. The zero-order valence-electron chi connectivity index (χ0n) is 9.85. The molecule has 0 fully saturated rings. The quantitative estimate of drug-likeness (QED) is 0.503. The molecule has 3 aromatic carbocycles. The highest BCUT2D eigenvalue weighted by atomic mass is 14.0. The third-order valence-electron chi connectivity index (χ3n) is 3.13. The topological polar surface area (TPSA) is 0 Å². The molecule has 3 aromatic rings. The molecule has 0 aromatic heterocycles. The highest BCUT2D eigenvalue weighted by molar-refractivity contribution is 6.01. The maximum absolute atomic E-state index is 2.28. The molecule has 0 heteroatoms. The van der Waals surface area contributed by atoms with Crippen molar-refractivity contribution in [2.45, 2.75) is 6.92 Å². The summed E-state index contributed by atoms with van der Waals surface area (Å²) in [4.78, 5) is 0. The summed E-state index contributed by atoms with van der Waals surface area (Å²) in [5.41, 5.74) is 1.29. The number of hydrogen-bond donors (Lipinski definition) is 0. The average molecular weight is 218 g/mol. The SMILES string of the molecule is C/C=C/c1cccc2cc3ccccc3cc12. The number of fused-ring (bicyclic) bond motifs is 2. The van der Waals surface area contributed by atoms with Crippen LogP contribution in [0.15, 0.2) is 60.7 Å². The van der Waals surface area contributed by atoms with Crippen LogP contribution < -0.4 is 0 Å². The molecule has 0 nitrogen and oxygen atoms in total. The third kappa shape index (κ3) is 1.72. The molecule has 0 heterocycles. The minimum Gasteiger partial charge on any atom is -0.0870 e.